The number of carbonyl (C=O) groups is 1. The number of nitrogens with one attached hydrogen (secondary N) is 1. The summed E-state index contributed by atoms with van der Waals surface area (Å²) in [5.74, 6) is -0.141. The van der Waals surface area contributed by atoms with E-state index in [4.69, 9.17) is 5.11 Å². The lowest BCUT2D eigenvalue weighted by Gasteiger charge is -2.09. The Hall–Kier alpha value is -2.13. The second-order valence-corrected chi connectivity index (χ2v) is 4.63. The summed E-state index contributed by atoms with van der Waals surface area (Å²) in [7, 11) is 0. The van der Waals surface area contributed by atoms with Crippen LogP contribution in [0.2, 0.25) is 0 Å². The van der Waals surface area contributed by atoms with Crippen LogP contribution in [0.25, 0.3) is 0 Å². The number of aryl methyl sites for hydroxylation is 2. The molecule has 98 valence electrons. The SMILES string of the molecule is Cc1ccc(C)c(NC(=O)c2ccc(CO)cc2)c1. The molecule has 0 aliphatic rings. The summed E-state index contributed by atoms with van der Waals surface area (Å²) in [6, 6.07) is 12.9. The Morgan fingerprint density at radius 3 is 2.42 bits per heavy atom. The molecular formula is C16H17NO2. The molecule has 19 heavy (non-hydrogen) atoms. The van der Waals surface area contributed by atoms with E-state index in [1.54, 1.807) is 24.3 Å². The number of hydrogen-bond acceptors (Lipinski definition) is 2. The fourth-order valence-electron chi connectivity index (χ4n) is 1.83. The first-order valence-electron chi connectivity index (χ1n) is 6.18. The number of aliphatic hydroxyl groups is 1. The van der Waals surface area contributed by atoms with Gasteiger partial charge in [0.2, 0.25) is 0 Å². The van der Waals surface area contributed by atoms with Gasteiger partial charge < -0.3 is 10.4 Å². The minimum atomic E-state index is -0.141. The van der Waals surface area contributed by atoms with E-state index >= 15 is 0 Å². The van der Waals surface area contributed by atoms with Crippen LogP contribution in [0.1, 0.15) is 27.0 Å². The van der Waals surface area contributed by atoms with E-state index in [-0.39, 0.29) is 12.5 Å². The molecule has 0 fully saturated rings. The molecule has 2 N–H and O–H groups in total. The zero-order valence-corrected chi connectivity index (χ0v) is 11.1. The molecule has 0 unspecified atom stereocenters. The lowest BCUT2D eigenvalue weighted by atomic mass is 10.1. The Morgan fingerprint density at radius 1 is 1.11 bits per heavy atom. The van der Waals surface area contributed by atoms with Gasteiger partial charge in [0.05, 0.1) is 6.61 Å². The van der Waals surface area contributed by atoms with Crippen LogP contribution in [0.4, 0.5) is 5.69 Å². The van der Waals surface area contributed by atoms with Crippen molar-refractivity contribution < 1.29 is 9.90 Å². The van der Waals surface area contributed by atoms with Crippen LogP contribution >= 0.6 is 0 Å². The van der Waals surface area contributed by atoms with E-state index < -0.39 is 0 Å². The van der Waals surface area contributed by atoms with Crippen molar-refractivity contribution in [3.8, 4) is 0 Å². The highest BCUT2D eigenvalue weighted by Crippen LogP contribution is 2.17. The number of benzene rings is 2. The first-order chi connectivity index (χ1) is 9.10. The van der Waals surface area contributed by atoms with Crippen LogP contribution in [0.5, 0.6) is 0 Å². The highest BCUT2D eigenvalue weighted by atomic mass is 16.3. The molecule has 0 heterocycles. The van der Waals surface area contributed by atoms with Crippen molar-refractivity contribution in [2.24, 2.45) is 0 Å². The van der Waals surface area contributed by atoms with Crippen LogP contribution < -0.4 is 5.32 Å². The van der Waals surface area contributed by atoms with E-state index in [1.165, 1.54) is 0 Å². The summed E-state index contributed by atoms with van der Waals surface area (Å²) in [5, 5.41) is 11.9. The smallest absolute Gasteiger partial charge is 0.255 e. The average Bonchev–Trinajstić information content (AvgIpc) is 2.43. The Kier molecular flexibility index (Phi) is 3.97. The van der Waals surface area contributed by atoms with Crippen molar-refractivity contribution in [3.05, 3.63) is 64.7 Å². The van der Waals surface area contributed by atoms with E-state index in [9.17, 15) is 4.79 Å². The standard InChI is InChI=1S/C16H17NO2/c1-11-3-4-12(2)15(9-11)17-16(19)14-7-5-13(10-18)6-8-14/h3-9,18H,10H2,1-2H3,(H,17,19). The number of amides is 1. The van der Waals surface area contributed by atoms with Crippen LogP contribution in [-0.4, -0.2) is 11.0 Å². The molecule has 0 atom stereocenters. The third-order valence-electron chi connectivity index (χ3n) is 3.04. The van der Waals surface area contributed by atoms with Crippen molar-refractivity contribution in [2.75, 3.05) is 5.32 Å². The zero-order valence-electron chi connectivity index (χ0n) is 11.1. The third-order valence-corrected chi connectivity index (χ3v) is 3.04. The molecule has 2 rings (SSSR count). The molecule has 2 aromatic rings. The maximum atomic E-state index is 12.1. The third kappa shape index (κ3) is 3.20. The van der Waals surface area contributed by atoms with Crippen LogP contribution in [0.3, 0.4) is 0 Å². The Morgan fingerprint density at radius 2 is 1.79 bits per heavy atom. The first kappa shape index (κ1) is 13.3. The molecule has 0 aromatic heterocycles. The van der Waals surface area contributed by atoms with Crippen molar-refractivity contribution in [2.45, 2.75) is 20.5 Å². The number of aliphatic hydroxyl groups excluding tert-OH is 1. The number of rotatable bonds is 3. The Balaban J connectivity index is 2.18. The molecule has 1 amide bonds. The Labute approximate surface area is 112 Å². The molecule has 0 bridgehead atoms. The van der Waals surface area contributed by atoms with E-state index in [1.807, 2.05) is 32.0 Å². The molecule has 0 saturated heterocycles. The van der Waals surface area contributed by atoms with Gasteiger partial charge in [-0.3, -0.25) is 4.79 Å². The van der Waals surface area contributed by atoms with Gasteiger partial charge in [0.15, 0.2) is 0 Å². The summed E-state index contributed by atoms with van der Waals surface area (Å²) in [6.45, 7) is 3.94. The Bertz CT molecular complexity index is 588. The van der Waals surface area contributed by atoms with Gasteiger partial charge in [-0.15, -0.1) is 0 Å². The summed E-state index contributed by atoms with van der Waals surface area (Å²) in [6.07, 6.45) is 0. The van der Waals surface area contributed by atoms with Gasteiger partial charge in [0.1, 0.15) is 0 Å². The van der Waals surface area contributed by atoms with Gasteiger partial charge in [0.25, 0.3) is 5.91 Å². The molecule has 2 aromatic carbocycles. The number of hydrogen-bond donors (Lipinski definition) is 2. The molecule has 3 heteroatoms. The predicted octanol–water partition coefficient (Wildman–Crippen LogP) is 3.05. The van der Waals surface area contributed by atoms with Gasteiger partial charge in [-0.05, 0) is 48.7 Å². The summed E-state index contributed by atoms with van der Waals surface area (Å²) in [5.41, 5.74) is 4.35. The van der Waals surface area contributed by atoms with Gasteiger partial charge in [-0.1, -0.05) is 24.3 Å². The summed E-state index contributed by atoms with van der Waals surface area (Å²) >= 11 is 0. The zero-order chi connectivity index (χ0) is 13.8. The normalized spacial score (nSPS) is 10.3. The molecule has 0 aliphatic carbocycles. The minimum Gasteiger partial charge on any atom is -0.392 e. The molecule has 0 aliphatic heterocycles. The fraction of sp³-hybridized carbons (Fsp3) is 0.188. The lowest BCUT2D eigenvalue weighted by molar-refractivity contribution is 0.102. The van der Waals surface area contributed by atoms with Crippen LogP contribution in [0, 0.1) is 13.8 Å². The number of carbonyl (C=O) groups excluding carboxylic acids is 1. The van der Waals surface area contributed by atoms with Crippen molar-refractivity contribution in [1.29, 1.82) is 0 Å². The molecule has 0 radical (unpaired) electrons. The summed E-state index contributed by atoms with van der Waals surface area (Å²) < 4.78 is 0. The van der Waals surface area contributed by atoms with Gasteiger partial charge in [-0.25, -0.2) is 0 Å². The average molecular weight is 255 g/mol. The summed E-state index contributed by atoms with van der Waals surface area (Å²) in [4.78, 5) is 12.1. The monoisotopic (exact) mass is 255 g/mol. The molecular weight excluding hydrogens is 238 g/mol. The van der Waals surface area contributed by atoms with E-state index in [0.717, 1.165) is 22.4 Å². The molecule has 0 spiro atoms. The van der Waals surface area contributed by atoms with E-state index in [0.29, 0.717) is 5.56 Å². The van der Waals surface area contributed by atoms with Gasteiger partial charge in [0, 0.05) is 11.3 Å². The first-order valence-corrected chi connectivity index (χ1v) is 6.18. The molecule has 0 saturated carbocycles. The molecule has 3 nitrogen and oxygen atoms in total. The van der Waals surface area contributed by atoms with E-state index in [2.05, 4.69) is 5.32 Å². The van der Waals surface area contributed by atoms with Crippen molar-refractivity contribution >= 4 is 11.6 Å². The largest absolute Gasteiger partial charge is 0.392 e. The topological polar surface area (TPSA) is 49.3 Å². The number of anilines is 1. The van der Waals surface area contributed by atoms with Crippen LogP contribution in [0.15, 0.2) is 42.5 Å². The minimum absolute atomic E-state index is 0.0150. The maximum absolute atomic E-state index is 12.1. The van der Waals surface area contributed by atoms with Crippen LogP contribution in [-0.2, 0) is 6.61 Å². The maximum Gasteiger partial charge on any atom is 0.255 e. The van der Waals surface area contributed by atoms with Crippen molar-refractivity contribution in [3.63, 3.8) is 0 Å². The highest BCUT2D eigenvalue weighted by Gasteiger charge is 2.07. The quantitative estimate of drug-likeness (QED) is 0.885. The van der Waals surface area contributed by atoms with Gasteiger partial charge >= 0.3 is 0 Å². The highest BCUT2D eigenvalue weighted by molar-refractivity contribution is 6.04. The van der Waals surface area contributed by atoms with Gasteiger partial charge in [-0.2, -0.15) is 0 Å². The fourth-order valence-corrected chi connectivity index (χ4v) is 1.83. The predicted molar refractivity (Wildman–Crippen MR) is 76.2 cm³/mol. The second-order valence-electron chi connectivity index (χ2n) is 4.63. The lowest BCUT2D eigenvalue weighted by Crippen LogP contribution is -2.12. The second kappa shape index (κ2) is 5.67. The van der Waals surface area contributed by atoms with Crippen molar-refractivity contribution in [1.82, 2.24) is 0 Å².